The monoisotopic (exact) mass is 404 g/mol. The molecule has 2 heterocycles. The fourth-order valence-corrected chi connectivity index (χ4v) is 3.12. The molecule has 2 aromatic carbocycles. The fraction of sp³-hybridized carbons (Fsp3) is 0.105. The molecule has 0 N–H and O–H groups in total. The van der Waals surface area contributed by atoms with Gasteiger partial charge in [0.05, 0.1) is 29.0 Å². The second-order valence-corrected chi connectivity index (χ2v) is 6.12. The number of amides is 3. The van der Waals surface area contributed by atoms with Crippen LogP contribution >= 0.6 is 0 Å². The van der Waals surface area contributed by atoms with Gasteiger partial charge in [-0.2, -0.15) is 8.78 Å². The van der Waals surface area contributed by atoms with Gasteiger partial charge in [-0.1, -0.05) is 5.92 Å². The highest BCUT2D eigenvalue weighted by atomic mass is 19.3. The van der Waals surface area contributed by atoms with Crippen LogP contribution in [-0.4, -0.2) is 30.4 Å². The van der Waals surface area contributed by atoms with E-state index in [-0.39, 0.29) is 16.8 Å². The summed E-state index contributed by atoms with van der Waals surface area (Å²) in [5.41, 5.74) is -1.42. The molecule has 2 aliphatic rings. The van der Waals surface area contributed by atoms with Crippen LogP contribution in [0.25, 0.3) is 0 Å². The van der Waals surface area contributed by atoms with Crippen molar-refractivity contribution in [2.45, 2.75) is 6.11 Å². The standard InChI is InChI=1S/C19H8F4N2O4/c1-2-5-24-14-8-13(12(21)7-15(14)29-19(22,23)18(24)28)25-16(26)10-4-3-9(20)6-11(10)17(25)27/h1,3-4,6-8H,5H2. The van der Waals surface area contributed by atoms with E-state index in [9.17, 15) is 31.9 Å². The first-order chi connectivity index (χ1) is 13.7. The third kappa shape index (κ3) is 2.62. The summed E-state index contributed by atoms with van der Waals surface area (Å²) >= 11 is 0. The first-order valence-corrected chi connectivity index (χ1v) is 8.00. The average molecular weight is 404 g/mol. The molecule has 0 aromatic heterocycles. The number of benzene rings is 2. The summed E-state index contributed by atoms with van der Waals surface area (Å²) in [7, 11) is 0. The minimum absolute atomic E-state index is 0.159. The van der Waals surface area contributed by atoms with Gasteiger partial charge in [0.2, 0.25) is 0 Å². The Bertz CT molecular complexity index is 1160. The normalized spacial score (nSPS) is 17.0. The van der Waals surface area contributed by atoms with Crippen molar-refractivity contribution in [1.29, 1.82) is 0 Å². The molecule has 29 heavy (non-hydrogen) atoms. The van der Waals surface area contributed by atoms with Crippen LogP contribution in [0.3, 0.4) is 0 Å². The fourth-order valence-electron chi connectivity index (χ4n) is 3.12. The molecule has 6 nitrogen and oxygen atoms in total. The molecule has 0 atom stereocenters. The predicted molar refractivity (Wildman–Crippen MR) is 90.7 cm³/mol. The van der Waals surface area contributed by atoms with Gasteiger partial charge in [-0.05, 0) is 24.3 Å². The van der Waals surface area contributed by atoms with Crippen molar-refractivity contribution >= 4 is 29.1 Å². The lowest BCUT2D eigenvalue weighted by molar-refractivity contribution is -0.192. The molecular formula is C19H8F4N2O4. The molecule has 0 aliphatic carbocycles. The Balaban J connectivity index is 1.86. The van der Waals surface area contributed by atoms with Gasteiger partial charge in [0.15, 0.2) is 11.6 Å². The Labute approximate surface area is 160 Å². The molecule has 146 valence electrons. The van der Waals surface area contributed by atoms with Crippen molar-refractivity contribution in [2.24, 2.45) is 0 Å². The maximum absolute atomic E-state index is 14.7. The maximum atomic E-state index is 14.7. The van der Waals surface area contributed by atoms with E-state index in [1.807, 2.05) is 5.92 Å². The minimum Gasteiger partial charge on any atom is -0.423 e. The van der Waals surface area contributed by atoms with Crippen LogP contribution in [0, 0.1) is 24.0 Å². The van der Waals surface area contributed by atoms with Crippen LogP contribution in [-0.2, 0) is 4.79 Å². The van der Waals surface area contributed by atoms with Crippen molar-refractivity contribution in [3.63, 3.8) is 0 Å². The van der Waals surface area contributed by atoms with E-state index < -0.39 is 53.4 Å². The number of ether oxygens (including phenoxy) is 1. The molecule has 4 rings (SSSR count). The third-order valence-electron chi connectivity index (χ3n) is 4.39. The van der Waals surface area contributed by atoms with E-state index in [4.69, 9.17) is 6.42 Å². The number of anilines is 2. The lowest BCUT2D eigenvalue weighted by atomic mass is 10.1. The average Bonchev–Trinajstić information content (AvgIpc) is 2.89. The Morgan fingerprint density at radius 2 is 1.69 bits per heavy atom. The second kappa shape index (κ2) is 6.07. The minimum atomic E-state index is -4.27. The summed E-state index contributed by atoms with van der Waals surface area (Å²) in [5.74, 6) is -4.45. The Hall–Kier alpha value is -3.87. The first-order valence-electron chi connectivity index (χ1n) is 8.00. The Morgan fingerprint density at radius 3 is 2.38 bits per heavy atom. The van der Waals surface area contributed by atoms with Crippen LogP contribution in [0.2, 0.25) is 0 Å². The molecule has 3 amide bonds. The highest BCUT2D eigenvalue weighted by Gasteiger charge is 2.51. The maximum Gasteiger partial charge on any atom is 0.483 e. The molecule has 10 heteroatoms. The molecule has 2 aliphatic heterocycles. The molecule has 0 spiro atoms. The number of imide groups is 1. The lowest BCUT2D eigenvalue weighted by Crippen LogP contribution is -2.51. The van der Waals surface area contributed by atoms with E-state index in [1.165, 1.54) is 0 Å². The Kier molecular flexibility index (Phi) is 3.87. The zero-order chi connectivity index (χ0) is 21.1. The summed E-state index contributed by atoms with van der Waals surface area (Å²) < 4.78 is 59.9. The molecule has 0 radical (unpaired) electrons. The number of alkyl halides is 2. The topological polar surface area (TPSA) is 66.9 Å². The third-order valence-corrected chi connectivity index (χ3v) is 4.39. The summed E-state index contributed by atoms with van der Waals surface area (Å²) in [6.07, 6.45) is 0.842. The van der Waals surface area contributed by atoms with E-state index in [1.54, 1.807) is 0 Å². The number of rotatable bonds is 2. The second-order valence-electron chi connectivity index (χ2n) is 6.12. The molecule has 0 unspecified atom stereocenters. The van der Waals surface area contributed by atoms with Crippen LogP contribution in [0.1, 0.15) is 20.7 Å². The number of hydrogen-bond donors (Lipinski definition) is 0. The predicted octanol–water partition coefficient (Wildman–Crippen LogP) is 2.72. The van der Waals surface area contributed by atoms with Crippen molar-refractivity contribution in [3.8, 4) is 18.1 Å². The summed E-state index contributed by atoms with van der Waals surface area (Å²) in [6, 6.07) is 4.19. The molecule has 0 fully saturated rings. The number of hydrogen-bond acceptors (Lipinski definition) is 4. The van der Waals surface area contributed by atoms with Crippen molar-refractivity contribution < 1.29 is 36.7 Å². The molecule has 0 bridgehead atoms. The van der Waals surface area contributed by atoms with Gasteiger partial charge in [0, 0.05) is 6.07 Å². The Morgan fingerprint density at radius 1 is 1.00 bits per heavy atom. The number of halogens is 4. The number of terminal acetylenes is 1. The van der Waals surface area contributed by atoms with Gasteiger partial charge in [-0.15, -0.1) is 6.42 Å². The van der Waals surface area contributed by atoms with Crippen LogP contribution < -0.4 is 14.5 Å². The van der Waals surface area contributed by atoms with Crippen molar-refractivity contribution in [2.75, 3.05) is 16.3 Å². The SMILES string of the molecule is C#CCN1C(=O)C(F)(F)Oc2cc(F)c(N3C(=O)c4ccc(F)cc4C3=O)cc21. The van der Waals surface area contributed by atoms with Crippen LogP contribution in [0.15, 0.2) is 30.3 Å². The zero-order valence-electron chi connectivity index (χ0n) is 14.2. The van der Waals surface area contributed by atoms with E-state index in [0.717, 1.165) is 24.3 Å². The molecular weight excluding hydrogens is 396 g/mol. The van der Waals surface area contributed by atoms with Gasteiger partial charge in [-0.25, -0.2) is 13.7 Å². The summed E-state index contributed by atoms with van der Waals surface area (Å²) in [6.45, 7) is -0.594. The van der Waals surface area contributed by atoms with Gasteiger partial charge in [-0.3, -0.25) is 19.3 Å². The highest BCUT2D eigenvalue weighted by molar-refractivity contribution is 6.34. The quantitative estimate of drug-likeness (QED) is 0.439. The first kappa shape index (κ1) is 18.5. The number of fused-ring (bicyclic) bond motifs is 2. The van der Waals surface area contributed by atoms with Gasteiger partial charge in [0.25, 0.3) is 11.8 Å². The van der Waals surface area contributed by atoms with Crippen molar-refractivity contribution in [1.82, 2.24) is 0 Å². The lowest BCUT2D eigenvalue weighted by Gasteiger charge is -2.33. The van der Waals surface area contributed by atoms with Crippen LogP contribution in [0.4, 0.5) is 28.9 Å². The van der Waals surface area contributed by atoms with E-state index >= 15 is 0 Å². The summed E-state index contributed by atoms with van der Waals surface area (Å²) in [4.78, 5) is 38.0. The van der Waals surface area contributed by atoms with Gasteiger partial charge in [0.1, 0.15) is 5.82 Å². The highest BCUT2D eigenvalue weighted by Crippen LogP contribution is 2.43. The molecule has 0 saturated heterocycles. The van der Waals surface area contributed by atoms with Crippen LogP contribution in [0.5, 0.6) is 5.75 Å². The van der Waals surface area contributed by atoms with E-state index in [2.05, 4.69) is 4.74 Å². The largest absolute Gasteiger partial charge is 0.483 e. The smallest absolute Gasteiger partial charge is 0.423 e. The molecule has 0 saturated carbocycles. The zero-order valence-corrected chi connectivity index (χ0v) is 14.2. The number of carbonyl (C=O) groups excluding carboxylic acids is 3. The number of nitrogens with zero attached hydrogens (tertiary/aromatic N) is 2. The van der Waals surface area contributed by atoms with E-state index in [0.29, 0.717) is 15.9 Å². The number of carbonyl (C=O) groups is 3. The molecule has 2 aromatic rings. The van der Waals surface area contributed by atoms with Crippen molar-refractivity contribution in [3.05, 3.63) is 53.1 Å². The summed E-state index contributed by atoms with van der Waals surface area (Å²) in [5, 5.41) is 0. The van der Waals surface area contributed by atoms with Gasteiger partial charge < -0.3 is 4.74 Å². The van der Waals surface area contributed by atoms with Gasteiger partial charge >= 0.3 is 12.0 Å².